The number of rotatable bonds is 7. The smallest absolute Gasteiger partial charge is 0.290 e. The summed E-state index contributed by atoms with van der Waals surface area (Å²) in [6.07, 6.45) is 6.39. The van der Waals surface area contributed by atoms with Crippen LogP contribution in [0, 0.1) is 0 Å². The summed E-state index contributed by atoms with van der Waals surface area (Å²) in [6.45, 7) is 4.65. The fourth-order valence-corrected chi connectivity index (χ4v) is 4.30. The van der Waals surface area contributed by atoms with E-state index in [1.165, 1.54) is 12.0 Å². The molecule has 29 heavy (non-hydrogen) atoms. The molecule has 156 valence electrons. The van der Waals surface area contributed by atoms with Crippen LogP contribution in [-0.4, -0.2) is 54.9 Å². The number of carbonyl (C=O) groups is 1. The standard InChI is InChI=1S/C23H31N3O3/c27-23(24-20-9-5-15-28-17-20)22-16-21(25-29-22)19-10-13-26(14-11-19)12-4-8-18-6-2-1-3-7-18/h1-3,6-7,16,19-20H,4-5,8-15,17H2,(H,24,27). The average molecular weight is 398 g/mol. The first kappa shape index (κ1) is 20.1. The lowest BCUT2D eigenvalue weighted by Crippen LogP contribution is -2.40. The Morgan fingerprint density at radius 2 is 2.00 bits per heavy atom. The molecule has 2 saturated heterocycles. The molecule has 2 aliphatic heterocycles. The number of carbonyl (C=O) groups excluding carboxylic acids is 1. The summed E-state index contributed by atoms with van der Waals surface area (Å²) in [7, 11) is 0. The van der Waals surface area contributed by atoms with E-state index in [4.69, 9.17) is 9.26 Å². The topological polar surface area (TPSA) is 67.6 Å². The van der Waals surface area contributed by atoms with Crippen LogP contribution in [-0.2, 0) is 11.2 Å². The lowest BCUT2D eigenvalue weighted by molar-refractivity contribution is 0.0608. The van der Waals surface area contributed by atoms with Gasteiger partial charge in [-0.05, 0) is 63.7 Å². The van der Waals surface area contributed by atoms with E-state index < -0.39 is 0 Å². The van der Waals surface area contributed by atoms with Gasteiger partial charge in [0.1, 0.15) is 0 Å². The van der Waals surface area contributed by atoms with E-state index in [0.29, 0.717) is 18.3 Å². The number of aryl methyl sites for hydroxylation is 1. The van der Waals surface area contributed by atoms with Crippen molar-refractivity contribution in [2.45, 2.75) is 50.5 Å². The number of amides is 1. The van der Waals surface area contributed by atoms with Crippen LogP contribution in [0.25, 0.3) is 0 Å². The predicted molar refractivity (Wildman–Crippen MR) is 111 cm³/mol. The first-order valence-corrected chi connectivity index (χ1v) is 10.9. The normalized spacial score (nSPS) is 21.2. The molecule has 4 rings (SSSR count). The number of hydrogen-bond acceptors (Lipinski definition) is 5. The van der Waals surface area contributed by atoms with Crippen molar-refractivity contribution in [3.63, 3.8) is 0 Å². The third-order valence-corrected chi connectivity index (χ3v) is 6.04. The number of piperidine rings is 1. The predicted octanol–water partition coefficient (Wildman–Crippen LogP) is 3.40. The summed E-state index contributed by atoms with van der Waals surface area (Å²) < 4.78 is 10.8. The SMILES string of the molecule is O=C(NC1CCCOC1)c1cc(C2CCN(CCCc3ccccc3)CC2)no1. The molecule has 1 aromatic carbocycles. The van der Waals surface area contributed by atoms with E-state index in [9.17, 15) is 4.79 Å². The van der Waals surface area contributed by atoms with Gasteiger partial charge in [0.05, 0.1) is 18.3 Å². The van der Waals surface area contributed by atoms with Crippen LogP contribution in [0.3, 0.4) is 0 Å². The maximum atomic E-state index is 12.4. The highest BCUT2D eigenvalue weighted by atomic mass is 16.5. The van der Waals surface area contributed by atoms with Gasteiger partial charge in [-0.2, -0.15) is 0 Å². The molecule has 0 aliphatic carbocycles. The highest BCUT2D eigenvalue weighted by molar-refractivity contribution is 5.91. The van der Waals surface area contributed by atoms with Crippen LogP contribution < -0.4 is 5.32 Å². The Hall–Kier alpha value is -2.18. The molecule has 2 aliphatic rings. The number of aromatic nitrogens is 1. The number of hydrogen-bond donors (Lipinski definition) is 1. The number of nitrogens with zero attached hydrogens (tertiary/aromatic N) is 2. The van der Waals surface area contributed by atoms with Crippen molar-refractivity contribution in [3.05, 3.63) is 53.4 Å². The van der Waals surface area contributed by atoms with Crippen LogP contribution >= 0.6 is 0 Å². The lowest BCUT2D eigenvalue weighted by atomic mass is 9.93. The Kier molecular flexibility index (Phi) is 6.96. The summed E-state index contributed by atoms with van der Waals surface area (Å²) in [4.78, 5) is 14.9. The minimum Gasteiger partial charge on any atom is -0.379 e. The minimum atomic E-state index is -0.183. The van der Waals surface area contributed by atoms with Crippen LogP contribution in [0.1, 0.15) is 59.8 Å². The van der Waals surface area contributed by atoms with Crippen LogP contribution in [0.4, 0.5) is 0 Å². The van der Waals surface area contributed by atoms with E-state index >= 15 is 0 Å². The Labute approximate surface area is 172 Å². The molecule has 6 heteroatoms. The number of likely N-dealkylation sites (tertiary alicyclic amines) is 1. The van der Waals surface area contributed by atoms with E-state index in [-0.39, 0.29) is 11.9 Å². The van der Waals surface area contributed by atoms with Gasteiger partial charge in [-0.25, -0.2) is 0 Å². The Morgan fingerprint density at radius 1 is 1.17 bits per heavy atom. The van der Waals surface area contributed by atoms with Gasteiger partial charge in [0.25, 0.3) is 5.91 Å². The second-order valence-corrected chi connectivity index (χ2v) is 8.21. The van der Waals surface area contributed by atoms with Crippen molar-refractivity contribution in [1.29, 1.82) is 0 Å². The first-order valence-electron chi connectivity index (χ1n) is 10.9. The summed E-state index contributed by atoms with van der Waals surface area (Å²) in [5.41, 5.74) is 2.33. The molecule has 0 saturated carbocycles. The highest BCUT2D eigenvalue weighted by Crippen LogP contribution is 2.28. The molecule has 3 heterocycles. The average Bonchev–Trinajstić information content (AvgIpc) is 3.26. The third-order valence-electron chi connectivity index (χ3n) is 6.04. The Balaban J connectivity index is 1.20. The van der Waals surface area contributed by atoms with Gasteiger partial charge in [-0.3, -0.25) is 4.79 Å². The number of benzene rings is 1. The molecule has 2 fully saturated rings. The maximum Gasteiger partial charge on any atom is 0.290 e. The van der Waals surface area contributed by atoms with E-state index in [1.807, 2.05) is 6.07 Å². The van der Waals surface area contributed by atoms with Gasteiger partial charge < -0.3 is 19.5 Å². The summed E-state index contributed by atoms with van der Waals surface area (Å²) >= 11 is 0. The summed E-state index contributed by atoms with van der Waals surface area (Å²) in [5.74, 6) is 0.511. The van der Waals surface area contributed by atoms with Crippen molar-refractivity contribution in [2.75, 3.05) is 32.8 Å². The van der Waals surface area contributed by atoms with Crippen molar-refractivity contribution in [1.82, 2.24) is 15.4 Å². The molecule has 1 aromatic heterocycles. The molecule has 6 nitrogen and oxygen atoms in total. The second-order valence-electron chi connectivity index (χ2n) is 8.21. The molecule has 0 radical (unpaired) electrons. The molecule has 1 amide bonds. The molecule has 1 N–H and O–H groups in total. The molecule has 1 atom stereocenters. The molecule has 0 bridgehead atoms. The highest BCUT2D eigenvalue weighted by Gasteiger charge is 2.25. The van der Waals surface area contributed by atoms with Crippen LogP contribution in [0.2, 0.25) is 0 Å². The molecular weight excluding hydrogens is 366 g/mol. The fraction of sp³-hybridized carbons (Fsp3) is 0.565. The Morgan fingerprint density at radius 3 is 2.76 bits per heavy atom. The van der Waals surface area contributed by atoms with Crippen LogP contribution in [0.5, 0.6) is 0 Å². The molecule has 1 unspecified atom stereocenters. The molecular formula is C23H31N3O3. The van der Waals surface area contributed by atoms with Gasteiger partial charge in [0, 0.05) is 18.6 Å². The minimum absolute atomic E-state index is 0.0731. The molecule has 2 aromatic rings. The molecule has 0 spiro atoms. The lowest BCUT2D eigenvalue weighted by Gasteiger charge is -2.30. The van der Waals surface area contributed by atoms with Gasteiger partial charge in [0.15, 0.2) is 0 Å². The second kappa shape index (κ2) is 10.0. The van der Waals surface area contributed by atoms with Crippen LogP contribution in [0.15, 0.2) is 40.9 Å². The van der Waals surface area contributed by atoms with E-state index in [1.54, 1.807) is 0 Å². The van der Waals surface area contributed by atoms with Gasteiger partial charge in [-0.15, -0.1) is 0 Å². The third kappa shape index (κ3) is 5.67. The van der Waals surface area contributed by atoms with Gasteiger partial charge in [-0.1, -0.05) is 35.5 Å². The Bertz CT molecular complexity index is 763. The van der Waals surface area contributed by atoms with E-state index in [0.717, 1.165) is 64.0 Å². The van der Waals surface area contributed by atoms with Crippen molar-refractivity contribution in [2.24, 2.45) is 0 Å². The van der Waals surface area contributed by atoms with Gasteiger partial charge >= 0.3 is 0 Å². The van der Waals surface area contributed by atoms with Crippen molar-refractivity contribution in [3.8, 4) is 0 Å². The summed E-state index contributed by atoms with van der Waals surface area (Å²) in [6, 6.07) is 12.6. The largest absolute Gasteiger partial charge is 0.379 e. The van der Waals surface area contributed by atoms with Crippen molar-refractivity contribution >= 4 is 5.91 Å². The monoisotopic (exact) mass is 397 g/mol. The number of ether oxygens (including phenoxy) is 1. The summed E-state index contributed by atoms with van der Waals surface area (Å²) in [5, 5.41) is 7.18. The fourth-order valence-electron chi connectivity index (χ4n) is 4.30. The van der Waals surface area contributed by atoms with Gasteiger partial charge in [0.2, 0.25) is 5.76 Å². The van der Waals surface area contributed by atoms with Crippen molar-refractivity contribution < 1.29 is 14.1 Å². The maximum absolute atomic E-state index is 12.4. The quantitative estimate of drug-likeness (QED) is 0.776. The zero-order chi connectivity index (χ0) is 19.9. The first-order chi connectivity index (χ1) is 14.3. The number of nitrogens with one attached hydrogen (secondary N) is 1. The van der Waals surface area contributed by atoms with E-state index in [2.05, 4.69) is 45.7 Å². The zero-order valence-electron chi connectivity index (χ0n) is 17.0. The zero-order valence-corrected chi connectivity index (χ0v) is 17.0.